The molecular weight excluding hydrogens is 392 g/mol. The van der Waals surface area contributed by atoms with Crippen molar-refractivity contribution in [3.05, 3.63) is 48.5 Å². The Labute approximate surface area is 165 Å². The number of thioether (sulfide) groups is 2. The molecule has 0 radical (unpaired) electrons. The van der Waals surface area contributed by atoms with Gasteiger partial charge in [0.2, 0.25) is 0 Å². The van der Waals surface area contributed by atoms with Crippen molar-refractivity contribution >= 4 is 29.7 Å². The van der Waals surface area contributed by atoms with Crippen LogP contribution < -0.4 is 0 Å². The van der Waals surface area contributed by atoms with Gasteiger partial charge < -0.3 is 29.5 Å². The molecule has 2 rings (SSSR count). The zero-order valence-corrected chi connectivity index (χ0v) is 15.9. The van der Waals surface area contributed by atoms with Crippen LogP contribution in [0.3, 0.4) is 0 Å². The molecule has 0 amide bonds. The summed E-state index contributed by atoms with van der Waals surface area (Å²) < 4.78 is 15.5. The molecular formula is C18H20O7S2. The molecule has 0 aromatic heterocycles. The number of hydrogen-bond donors (Lipinski definition) is 3. The van der Waals surface area contributed by atoms with E-state index in [-0.39, 0.29) is 24.9 Å². The van der Waals surface area contributed by atoms with Gasteiger partial charge in [-0.3, -0.25) is 0 Å². The maximum atomic E-state index is 10.8. The van der Waals surface area contributed by atoms with Gasteiger partial charge in [-0.15, -0.1) is 11.8 Å². The second kappa shape index (κ2) is 11.6. The number of phenolic OH excluding ortho intramolecular Hbond substituents is 2. The zero-order chi connectivity index (χ0) is 19.5. The summed E-state index contributed by atoms with van der Waals surface area (Å²) in [6.07, 6.45) is -1.39. The van der Waals surface area contributed by atoms with Crippen molar-refractivity contribution in [3.8, 4) is 11.5 Å². The molecule has 2 aromatic carbocycles. The van der Waals surface area contributed by atoms with Crippen molar-refractivity contribution in [2.75, 3.05) is 25.8 Å². The molecule has 0 aliphatic heterocycles. The summed E-state index contributed by atoms with van der Waals surface area (Å²) in [6, 6.07) is 13.2. The number of benzene rings is 2. The summed E-state index contributed by atoms with van der Waals surface area (Å²) in [5.41, 5.74) is -0.748. The Morgan fingerprint density at radius 3 is 2.11 bits per heavy atom. The van der Waals surface area contributed by atoms with Gasteiger partial charge in [-0.25, -0.2) is 4.79 Å². The molecule has 0 saturated carbocycles. The van der Waals surface area contributed by atoms with Gasteiger partial charge in [-0.2, -0.15) is 0 Å². The van der Waals surface area contributed by atoms with Crippen molar-refractivity contribution in [3.63, 3.8) is 0 Å². The molecule has 3 N–H and O–H groups in total. The van der Waals surface area contributed by atoms with Gasteiger partial charge in [-0.1, -0.05) is 11.8 Å². The third-order valence-corrected chi connectivity index (χ3v) is 5.11. The van der Waals surface area contributed by atoms with E-state index in [0.717, 1.165) is 9.79 Å². The Morgan fingerprint density at radius 2 is 1.52 bits per heavy atom. The largest absolute Gasteiger partial charge is 0.508 e. The highest BCUT2D eigenvalue weighted by molar-refractivity contribution is 7.99. The average Bonchev–Trinajstić information content (AvgIpc) is 2.63. The van der Waals surface area contributed by atoms with E-state index in [1.165, 1.54) is 23.9 Å². The highest BCUT2D eigenvalue weighted by Gasteiger charge is 2.16. The summed E-state index contributed by atoms with van der Waals surface area (Å²) in [5.74, 6) is 1.07. The first kappa shape index (κ1) is 21.2. The van der Waals surface area contributed by atoms with Crippen molar-refractivity contribution in [2.24, 2.45) is 0 Å². The van der Waals surface area contributed by atoms with Crippen LogP contribution >= 0.6 is 23.5 Å². The van der Waals surface area contributed by atoms with Crippen LogP contribution in [0.1, 0.15) is 0 Å². The minimum absolute atomic E-state index is 0.0196. The van der Waals surface area contributed by atoms with E-state index >= 15 is 0 Å². The predicted octanol–water partition coefficient (Wildman–Crippen LogP) is 3.99. The molecule has 0 bridgehead atoms. The van der Waals surface area contributed by atoms with E-state index in [1.54, 1.807) is 36.0 Å². The quantitative estimate of drug-likeness (QED) is 0.219. The molecule has 2 aromatic rings. The lowest BCUT2D eigenvalue weighted by Gasteiger charge is -2.16. The van der Waals surface area contributed by atoms with Gasteiger partial charge >= 0.3 is 6.16 Å². The van der Waals surface area contributed by atoms with Gasteiger partial charge in [0.1, 0.15) is 18.3 Å². The Bertz CT molecular complexity index is 692. The number of rotatable bonds is 11. The molecule has 1 atom stereocenters. The topological polar surface area (TPSA) is 105 Å². The Balaban J connectivity index is 1.63. The Kier molecular flexibility index (Phi) is 9.12. The fourth-order valence-electron chi connectivity index (χ4n) is 1.90. The molecule has 0 aliphatic carbocycles. The molecule has 27 heavy (non-hydrogen) atoms. The second-order valence-electron chi connectivity index (χ2n) is 5.16. The fourth-order valence-corrected chi connectivity index (χ4v) is 3.56. The third kappa shape index (κ3) is 8.91. The smallest absolute Gasteiger partial charge is 0.506 e. The number of carbonyl (C=O) groups is 1. The van der Waals surface area contributed by atoms with E-state index in [1.807, 2.05) is 12.1 Å². The van der Waals surface area contributed by atoms with Crippen LogP contribution in [0.2, 0.25) is 0 Å². The van der Waals surface area contributed by atoms with E-state index in [4.69, 9.17) is 19.3 Å². The maximum absolute atomic E-state index is 10.8. The van der Waals surface area contributed by atoms with Crippen LogP contribution in [0.15, 0.2) is 58.3 Å². The normalized spacial score (nSPS) is 11.9. The first-order chi connectivity index (χ1) is 13.0. The van der Waals surface area contributed by atoms with Crippen molar-refractivity contribution in [2.45, 2.75) is 15.2 Å². The Morgan fingerprint density at radius 1 is 0.926 bits per heavy atom. The molecule has 146 valence electrons. The standard InChI is InChI=1S/C18H20O7S2/c19-13-1-5-15(6-2-13)26-10-9-23-12-24-11-17(25-18(21)22)27-16-7-3-14(20)4-8-16/h1-8,17,19-20H,9-12H2,(H,21,22). The zero-order valence-electron chi connectivity index (χ0n) is 14.3. The summed E-state index contributed by atoms with van der Waals surface area (Å²) in [5, 5.41) is 27.3. The number of carboxylic acid groups (broad SMARTS) is 1. The summed E-state index contributed by atoms with van der Waals surface area (Å²) in [6.45, 7) is 0.510. The second-order valence-corrected chi connectivity index (χ2v) is 7.57. The molecule has 1 unspecified atom stereocenters. The third-order valence-electron chi connectivity index (χ3n) is 3.09. The van der Waals surface area contributed by atoms with Gasteiger partial charge in [0.15, 0.2) is 5.44 Å². The summed E-state index contributed by atoms with van der Waals surface area (Å²) in [4.78, 5) is 12.6. The number of ether oxygens (including phenoxy) is 3. The van der Waals surface area contributed by atoms with Gasteiger partial charge in [0, 0.05) is 15.5 Å². The SMILES string of the molecule is O=C(O)OC(COCOCCSc1ccc(O)cc1)Sc1ccc(O)cc1. The van der Waals surface area contributed by atoms with Crippen LogP contribution in [0.4, 0.5) is 4.79 Å². The number of hydrogen-bond acceptors (Lipinski definition) is 8. The van der Waals surface area contributed by atoms with Crippen molar-refractivity contribution in [1.29, 1.82) is 0 Å². The lowest BCUT2D eigenvalue weighted by molar-refractivity contribution is -0.0662. The van der Waals surface area contributed by atoms with Crippen LogP contribution in [0.5, 0.6) is 11.5 Å². The maximum Gasteiger partial charge on any atom is 0.506 e. The van der Waals surface area contributed by atoms with Gasteiger partial charge in [0.25, 0.3) is 0 Å². The van der Waals surface area contributed by atoms with Crippen LogP contribution in [-0.4, -0.2) is 52.7 Å². The molecule has 7 nitrogen and oxygen atoms in total. The molecule has 0 spiro atoms. The monoisotopic (exact) mass is 412 g/mol. The molecule has 0 heterocycles. The average molecular weight is 412 g/mol. The summed E-state index contributed by atoms with van der Waals surface area (Å²) >= 11 is 2.76. The molecule has 0 saturated heterocycles. The molecule has 0 fully saturated rings. The van der Waals surface area contributed by atoms with E-state index < -0.39 is 11.6 Å². The van der Waals surface area contributed by atoms with Crippen LogP contribution in [0.25, 0.3) is 0 Å². The van der Waals surface area contributed by atoms with E-state index in [0.29, 0.717) is 12.4 Å². The van der Waals surface area contributed by atoms with Gasteiger partial charge in [-0.05, 0) is 48.5 Å². The lowest BCUT2D eigenvalue weighted by Crippen LogP contribution is -2.20. The highest BCUT2D eigenvalue weighted by atomic mass is 32.2. The van der Waals surface area contributed by atoms with Crippen LogP contribution in [0, 0.1) is 0 Å². The van der Waals surface area contributed by atoms with Gasteiger partial charge in [0.05, 0.1) is 13.2 Å². The number of aromatic hydroxyl groups is 2. The van der Waals surface area contributed by atoms with Crippen LogP contribution in [-0.2, 0) is 14.2 Å². The first-order valence-electron chi connectivity index (χ1n) is 7.95. The summed E-state index contributed by atoms with van der Waals surface area (Å²) in [7, 11) is 0. The van der Waals surface area contributed by atoms with Crippen molar-refractivity contribution < 1.29 is 34.3 Å². The van der Waals surface area contributed by atoms with E-state index in [2.05, 4.69) is 0 Å². The number of phenols is 2. The van der Waals surface area contributed by atoms with Crippen molar-refractivity contribution in [1.82, 2.24) is 0 Å². The molecule has 0 aliphatic rings. The minimum Gasteiger partial charge on any atom is -0.508 e. The first-order valence-corrected chi connectivity index (χ1v) is 9.82. The Hall–Kier alpha value is -2.07. The highest BCUT2D eigenvalue weighted by Crippen LogP contribution is 2.26. The van der Waals surface area contributed by atoms with E-state index in [9.17, 15) is 15.0 Å². The predicted molar refractivity (Wildman–Crippen MR) is 102 cm³/mol. The minimum atomic E-state index is -1.39. The lowest BCUT2D eigenvalue weighted by atomic mass is 10.3. The fraction of sp³-hybridized carbons (Fsp3) is 0.278. The molecule has 9 heteroatoms.